The van der Waals surface area contributed by atoms with Crippen molar-refractivity contribution in [1.29, 1.82) is 0 Å². The van der Waals surface area contributed by atoms with E-state index in [4.69, 9.17) is 4.74 Å². The van der Waals surface area contributed by atoms with E-state index in [1.54, 1.807) is 12.1 Å². The van der Waals surface area contributed by atoms with E-state index in [0.29, 0.717) is 30.8 Å². The number of ketones is 1. The first kappa shape index (κ1) is 16.7. The molecular formula is C19H18BrNO3. The highest BCUT2D eigenvalue weighted by Gasteiger charge is 2.35. The van der Waals surface area contributed by atoms with Crippen LogP contribution in [0.25, 0.3) is 0 Å². The number of benzene rings is 2. The zero-order valence-corrected chi connectivity index (χ0v) is 15.2. The molecule has 2 aromatic rings. The maximum absolute atomic E-state index is 12.1. The second kappa shape index (κ2) is 6.77. The van der Waals surface area contributed by atoms with Gasteiger partial charge in [-0.25, -0.2) is 0 Å². The Bertz CT molecular complexity index is 796. The number of Topliss-reactive ketones (excluding diaryl/α,β-unsaturated/α-hetero) is 1. The van der Waals surface area contributed by atoms with Gasteiger partial charge in [-0.05, 0) is 61.7 Å². The zero-order valence-electron chi connectivity index (χ0n) is 13.6. The number of nitrogens with zero attached hydrogens (tertiary/aromatic N) is 1. The Hall–Kier alpha value is -2.14. The zero-order chi connectivity index (χ0) is 17.3. The minimum Gasteiger partial charge on any atom is -0.494 e. The van der Waals surface area contributed by atoms with Crippen molar-refractivity contribution in [3.8, 4) is 5.75 Å². The molecule has 24 heavy (non-hydrogen) atoms. The molecule has 1 heterocycles. The third-order valence-corrected chi connectivity index (χ3v) is 4.42. The van der Waals surface area contributed by atoms with Crippen molar-refractivity contribution in [2.75, 3.05) is 18.1 Å². The van der Waals surface area contributed by atoms with Crippen LogP contribution in [-0.2, 0) is 4.79 Å². The summed E-state index contributed by atoms with van der Waals surface area (Å²) in [6, 6.07) is 11.4. The number of ether oxygens (including phenoxy) is 1. The number of carbonyl (C=O) groups is 2. The van der Waals surface area contributed by atoms with Crippen LogP contribution in [0.2, 0.25) is 0 Å². The largest absolute Gasteiger partial charge is 0.494 e. The number of anilines is 1. The fourth-order valence-electron chi connectivity index (χ4n) is 2.92. The Kier molecular flexibility index (Phi) is 4.71. The molecule has 1 amide bonds. The van der Waals surface area contributed by atoms with Gasteiger partial charge in [0, 0.05) is 11.0 Å². The summed E-state index contributed by atoms with van der Waals surface area (Å²) in [4.78, 5) is 25.7. The molecule has 0 saturated heterocycles. The minimum absolute atomic E-state index is 0.443. The van der Waals surface area contributed by atoms with E-state index in [0.717, 1.165) is 21.3 Å². The summed E-state index contributed by atoms with van der Waals surface area (Å²) < 4.78 is 6.56. The van der Waals surface area contributed by atoms with Crippen LogP contribution >= 0.6 is 15.9 Å². The summed E-state index contributed by atoms with van der Waals surface area (Å²) in [5.74, 6) is -0.0725. The fourth-order valence-corrected chi connectivity index (χ4v) is 3.28. The summed E-state index contributed by atoms with van der Waals surface area (Å²) in [7, 11) is 0. The molecule has 5 heteroatoms. The molecule has 0 aliphatic carbocycles. The maximum Gasteiger partial charge on any atom is 0.299 e. The van der Waals surface area contributed by atoms with E-state index < -0.39 is 11.7 Å². The first-order chi connectivity index (χ1) is 11.5. The highest BCUT2D eigenvalue weighted by Crippen LogP contribution is 2.31. The molecule has 0 bridgehead atoms. The van der Waals surface area contributed by atoms with Crippen LogP contribution in [0.4, 0.5) is 5.69 Å². The lowest BCUT2D eigenvalue weighted by molar-refractivity contribution is -0.114. The molecule has 0 radical (unpaired) electrons. The van der Waals surface area contributed by atoms with Gasteiger partial charge < -0.3 is 9.64 Å². The lowest BCUT2D eigenvalue weighted by Crippen LogP contribution is -2.31. The highest BCUT2D eigenvalue weighted by atomic mass is 79.9. The lowest BCUT2D eigenvalue weighted by Gasteiger charge is -2.16. The van der Waals surface area contributed by atoms with E-state index in [1.165, 1.54) is 4.90 Å². The molecule has 3 rings (SSSR count). The van der Waals surface area contributed by atoms with Crippen molar-refractivity contribution in [1.82, 2.24) is 0 Å². The maximum atomic E-state index is 12.1. The summed E-state index contributed by atoms with van der Waals surface area (Å²) in [6.45, 7) is 5.02. The van der Waals surface area contributed by atoms with Gasteiger partial charge in [-0.1, -0.05) is 22.0 Å². The van der Waals surface area contributed by atoms with Crippen LogP contribution in [0.5, 0.6) is 5.75 Å². The molecule has 1 aliphatic heterocycles. The molecule has 0 unspecified atom stereocenters. The van der Waals surface area contributed by atoms with Gasteiger partial charge >= 0.3 is 0 Å². The van der Waals surface area contributed by atoms with Crippen molar-refractivity contribution in [3.63, 3.8) is 0 Å². The number of amides is 1. The lowest BCUT2D eigenvalue weighted by atomic mass is 10.1. The summed E-state index contributed by atoms with van der Waals surface area (Å²) in [5.41, 5.74) is 3.46. The number of aryl methyl sites for hydroxylation is 2. The van der Waals surface area contributed by atoms with Gasteiger partial charge in [0.2, 0.25) is 0 Å². The molecule has 0 atom stereocenters. The van der Waals surface area contributed by atoms with Crippen LogP contribution < -0.4 is 9.64 Å². The summed E-state index contributed by atoms with van der Waals surface area (Å²) >= 11 is 3.33. The van der Waals surface area contributed by atoms with Crippen molar-refractivity contribution in [3.05, 3.63) is 57.6 Å². The SMILES string of the molecule is Cc1cc(C)cc(OCCCN2C(=O)C(=O)c3cc(Br)ccc32)c1. The Morgan fingerprint density at radius 3 is 2.46 bits per heavy atom. The molecule has 2 aromatic carbocycles. The van der Waals surface area contributed by atoms with Gasteiger partial charge in [0.1, 0.15) is 5.75 Å². The second-order valence-corrected chi connectivity index (χ2v) is 6.89. The number of hydrogen-bond donors (Lipinski definition) is 0. The van der Waals surface area contributed by atoms with E-state index in [-0.39, 0.29) is 0 Å². The van der Waals surface area contributed by atoms with Crippen LogP contribution in [0.3, 0.4) is 0 Å². The third-order valence-electron chi connectivity index (χ3n) is 3.92. The topological polar surface area (TPSA) is 46.6 Å². The fraction of sp³-hybridized carbons (Fsp3) is 0.263. The van der Waals surface area contributed by atoms with Crippen LogP contribution in [-0.4, -0.2) is 24.8 Å². The average molecular weight is 388 g/mol. The van der Waals surface area contributed by atoms with E-state index in [1.807, 2.05) is 32.0 Å². The van der Waals surface area contributed by atoms with Gasteiger partial charge in [0.05, 0.1) is 17.9 Å². The van der Waals surface area contributed by atoms with E-state index >= 15 is 0 Å². The summed E-state index contributed by atoms with van der Waals surface area (Å²) in [6.07, 6.45) is 0.654. The van der Waals surface area contributed by atoms with Gasteiger partial charge in [0.15, 0.2) is 0 Å². The second-order valence-electron chi connectivity index (χ2n) is 5.97. The van der Waals surface area contributed by atoms with Gasteiger partial charge in [-0.15, -0.1) is 0 Å². The minimum atomic E-state index is -0.463. The molecule has 124 valence electrons. The monoisotopic (exact) mass is 387 g/mol. The van der Waals surface area contributed by atoms with Gasteiger partial charge in [0.25, 0.3) is 11.7 Å². The molecule has 1 aliphatic rings. The number of hydrogen-bond acceptors (Lipinski definition) is 3. The van der Waals surface area contributed by atoms with E-state index in [9.17, 15) is 9.59 Å². The first-order valence-corrected chi connectivity index (χ1v) is 8.62. The number of rotatable bonds is 5. The van der Waals surface area contributed by atoms with Gasteiger partial charge in [-0.2, -0.15) is 0 Å². The predicted molar refractivity (Wildman–Crippen MR) is 96.9 cm³/mol. The first-order valence-electron chi connectivity index (χ1n) is 7.82. The Morgan fingerprint density at radius 1 is 1.04 bits per heavy atom. The van der Waals surface area contributed by atoms with Crippen molar-refractivity contribution in [2.45, 2.75) is 20.3 Å². The third kappa shape index (κ3) is 3.36. The normalized spacial score (nSPS) is 13.4. The average Bonchev–Trinajstić information content (AvgIpc) is 2.75. The molecule has 4 nitrogen and oxygen atoms in total. The smallest absolute Gasteiger partial charge is 0.299 e. The van der Waals surface area contributed by atoms with Crippen LogP contribution in [0, 0.1) is 13.8 Å². The quantitative estimate of drug-likeness (QED) is 0.573. The predicted octanol–water partition coefficient (Wildman–Crippen LogP) is 4.06. The van der Waals surface area contributed by atoms with E-state index in [2.05, 4.69) is 22.0 Å². The highest BCUT2D eigenvalue weighted by molar-refractivity contribution is 9.10. The number of halogens is 1. The standard InChI is InChI=1S/C19H18BrNO3/c1-12-8-13(2)10-15(9-12)24-7-3-6-21-17-5-4-14(20)11-16(17)18(22)19(21)23/h4-5,8-11H,3,6-7H2,1-2H3. The Balaban J connectivity index is 1.61. The van der Waals surface area contributed by atoms with Crippen molar-refractivity contribution >= 4 is 33.3 Å². The Morgan fingerprint density at radius 2 is 1.75 bits per heavy atom. The molecule has 0 fully saturated rings. The number of fused-ring (bicyclic) bond motifs is 1. The Labute approximate surface area is 149 Å². The molecule has 0 aromatic heterocycles. The van der Waals surface area contributed by atoms with Gasteiger partial charge in [-0.3, -0.25) is 9.59 Å². The van der Waals surface area contributed by atoms with Crippen LogP contribution in [0.1, 0.15) is 27.9 Å². The molecule has 0 spiro atoms. The van der Waals surface area contributed by atoms with Crippen molar-refractivity contribution < 1.29 is 14.3 Å². The molecular weight excluding hydrogens is 370 g/mol. The summed E-state index contributed by atoms with van der Waals surface area (Å²) in [5, 5.41) is 0. The molecule has 0 N–H and O–H groups in total. The van der Waals surface area contributed by atoms with Crippen molar-refractivity contribution in [2.24, 2.45) is 0 Å². The number of carbonyl (C=O) groups excluding carboxylic acids is 2. The van der Waals surface area contributed by atoms with Crippen LogP contribution in [0.15, 0.2) is 40.9 Å². The molecule has 0 saturated carbocycles.